The topological polar surface area (TPSA) is 88.2 Å². The van der Waals surface area contributed by atoms with Crippen molar-refractivity contribution in [2.75, 3.05) is 42.1 Å². The minimum atomic E-state index is -4.03. The van der Waals surface area contributed by atoms with Gasteiger partial charge in [-0.3, -0.25) is 9.10 Å². The Balaban J connectivity index is 1.33. The average molecular weight is 550 g/mol. The van der Waals surface area contributed by atoms with Crippen molar-refractivity contribution in [1.82, 2.24) is 5.32 Å². The summed E-state index contributed by atoms with van der Waals surface area (Å²) in [7, 11) is -4.03. The third-order valence-corrected chi connectivity index (χ3v) is 9.14. The van der Waals surface area contributed by atoms with E-state index in [1.807, 2.05) is 19.1 Å². The standard InChI is InChI=1S/C30H35N3O5S/c1-22-14-16-32(17-15-22)25-10-8-24(9-11-25)23(2)31-30(34)21-33(39(35,36)27-6-4-3-5-7-27)26-12-13-28-29(20-26)38-19-18-37-28/h3-13,20,22-23H,14-19,21H2,1-2H3,(H,31,34). The second kappa shape index (κ2) is 11.6. The van der Waals surface area contributed by atoms with E-state index < -0.39 is 15.9 Å². The zero-order chi connectivity index (χ0) is 27.4. The SMILES string of the molecule is CC1CCN(c2ccc(C(C)NC(=O)CN(c3ccc4c(c3)OCCO4)S(=O)(=O)c3ccccc3)cc2)CC1. The van der Waals surface area contributed by atoms with Gasteiger partial charge in [0.05, 0.1) is 16.6 Å². The molecule has 5 rings (SSSR count). The molecule has 0 saturated carbocycles. The molecule has 3 aromatic carbocycles. The number of piperidine rings is 1. The van der Waals surface area contributed by atoms with Gasteiger partial charge in [-0.1, -0.05) is 37.3 Å². The lowest BCUT2D eigenvalue weighted by Gasteiger charge is -2.32. The number of carbonyl (C=O) groups excluding carboxylic acids is 1. The Bertz CT molecular complexity index is 1390. The number of anilines is 2. The van der Waals surface area contributed by atoms with Crippen LogP contribution >= 0.6 is 0 Å². The number of sulfonamides is 1. The Morgan fingerprint density at radius 2 is 1.64 bits per heavy atom. The van der Waals surface area contributed by atoms with Crippen molar-refractivity contribution >= 4 is 27.3 Å². The van der Waals surface area contributed by atoms with Crippen LogP contribution in [-0.2, 0) is 14.8 Å². The summed E-state index contributed by atoms with van der Waals surface area (Å²) < 4.78 is 39.7. The number of benzene rings is 3. The molecule has 9 heteroatoms. The van der Waals surface area contributed by atoms with E-state index >= 15 is 0 Å². The molecule has 206 valence electrons. The Morgan fingerprint density at radius 3 is 2.33 bits per heavy atom. The highest BCUT2D eigenvalue weighted by Gasteiger charge is 2.29. The van der Waals surface area contributed by atoms with E-state index in [1.54, 1.807) is 36.4 Å². The zero-order valence-electron chi connectivity index (χ0n) is 22.4. The number of nitrogens with zero attached hydrogens (tertiary/aromatic N) is 2. The Labute approximate surface area is 230 Å². The van der Waals surface area contributed by atoms with Gasteiger partial charge in [0.1, 0.15) is 19.8 Å². The summed E-state index contributed by atoms with van der Waals surface area (Å²) in [6.45, 7) is 6.72. The van der Waals surface area contributed by atoms with E-state index in [-0.39, 0.29) is 17.5 Å². The fraction of sp³-hybridized carbons (Fsp3) is 0.367. The normalized spacial score (nSPS) is 16.4. The molecule has 1 amide bonds. The van der Waals surface area contributed by atoms with E-state index in [0.29, 0.717) is 30.4 Å². The van der Waals surface area contributed by atoms with Crippen LogP contribution in [0.15, 0.2) is 77.7 Å². The molecule has 1 saturated heterocycles. The van der Waals surface area contributed by atoms with Gasteiger partial charge >= 0.3 is 0 Å². The molecule has 3 aromatic rings. The fourth-order valence-corrected chi connectivity index (χ4v) is 6.40. The molecule has 1 fully saturated rings. The smallest absolute Gasteiger partial charge is 0.264 e. The van der Waals surface area contributed by atoms with Crippen molar-refractivity contribution in [3.63, 3.8) is 0 Å². The van der Waals surface area contributed by atoms with Crippen molar-refractivity contribution < 1.29 is 22.7 Å². The lowest BCUT2D eigenvalue weighted by molar-refractivity contribution is -0.120. The molecule has 0 bridgehead atoms. The Morgan fingerprint density at radius 1 is 0.974 bits per heavy atom. The average Bonchev–Trinajstić information content (AvgIpc) is 2.96. The predicted molar refractivity (Wildman–Crippen MR) is 152 cm³/mol. The number of amides is 1. The fourth-order valence-electron chi connectivity index (χ4n) is 4.96. The van der Waals surface area contributed by atoms with Crippen molar-refractivity contribution in [2.45, 2.75) is 37.6 Å². The molecule has 0 aliphatic carbocycles. The first kappa shape index (κ1) is 26.9. The number of nitrogens with one attached hydrogen (secondary N) is 1. The second-order valence-electron chi connectivity index (χ2n) is 10.2. The number of carbonyl (C=O) groups is 1. The van der Waals surface area contributed by atoms with Gasteiger partial charge in [0.25, 0.3) is 10.0 Å². The molecule has 2 heterocycles. The monoisotopic (exact) mass is 549 g/mol. The summed E-state index contributed by atoms with van der Waals surface area (Å²) in [5, 5.41) is 2.97. The first-order valence-electron chi connectivity index (χ1n) is 13.4. The van der Waals surface area contributed by atoms with E-state index in [4.69, 9.17) is 9.47 Å². The van der Waals surface area contributed by atoms with Crippen LogP contribution in [0.1, 0.15) is 38.3 Å². The van der Waals surface area contributed by atoms with Crippen LogP contribution in [0.25, 0.3) is 0 Å². The number of ether oxygens (including phenoxy) is 2. The van der Waals surface area contributed by atoms with Crippen LogP contribution in [0.2, 0.25) is 0 Å². The summed E-state index contributed by atoms with van der Waals surface area (Å²) in [5.74, 6) is 1.35. The maximum absolute atomic E-state index is 13.7. The molecule has 39 heavy (non-hydrogen) atoms. The highest BCUT2D eigenvalue weighted by atomic mass is 32.2. The molecule has 0 aromatic heterocycles. The van der Waals surface area contributed by atoms with Gasteiger partial charge in [-0.25, -0.2) is 8.42 Å². The van der Waals surface area contributed by atoms with E-state index in [9.17, 15) is 13.2 Å². The maximum atomic E-state index is 13.7. The molecule has 8 nitrogen and oxygen atoms in total. The van der Waals surface area contributed by atoms with Crippen molar-refractivity contribution in [2.24, 2.45) is 5.92 Å². The summed E-state index contributed by atoms with van der Waals surface area (Å²) >= 11 is 0. The molecule has 2 aliphatic heterocycles. The number of hydrogen-bond acceptors (Lipinski definition) is 6. The van der Waals surface area contributed by atoms with Crippen molar-refractivity contribution in [3.05, 3.63) is 78.4 Å². The predicted octanol–water partition coefficient (Wildman–Crippen LogP) is 4.77. The quantitative estimate of drug-likeness (QED) is 0.436. The van der Waals surface area contributed by atoms with Gasteiger partial charge in [0, 0.05) is 24.8 Å². The molecule has 1 unspecified atom stereocenters. The minimum absolute atomic E-state index is 0.100. The second-order valence-corrected chi connectivity index (χ2v) is 12.1. The zero-order valence-corrected chi connectivity index (χ0v) is 23.2. The van der Waals surface area contributed by atoms with E-state index in [1.165, 1.54) is 30.7 Å². The van der Waals surface area contributed by atoms with Crippen LogP contribution < -0.4 is 24.0 Å². The molecule has 0 radical (unpaired) electrons. The number of hydrogen-bond donors (Lipinski definition) is 1. The molecule has 2 aliphatic rings. The van der Waals surface area contributed by atoms with Crippen LogP contribution in [-0.4, -0.2) is 47.2 Å². The van der Waals surface area contributed by atoms with Gasteiger partial charge in [0.2, 0.25) is 5.91 Å². The first-order valence-corrected chi connectivity index (χ1v) is 14.9. The van der Waals surface area contributed by atoms with Crippen LogP contribution in [0, 0.1) is 5.92 Å². The molecule has 1 atom stereocenters. The molecular formula is C30H35N3O5S. The molecule has 1 N–H and O–H groups in total. The lowest BCUT2D eigenvalue weighted by Crippen LogP contribution is -2.41. The summed E-state index contributed by atoms with van der Waals surface area (Å²) in [6.07, 6.45) is 2.39. The van der Waals surface area contributed by atoms with Gasteiger partial charge in [0.15, 0.2) is 11.5 Å². The third-order valence-electron chi connectivity index (χ3n) is 7.35. The first-order chi connectivity index (χ1) is 18.8. The molecular weight excluding hydrogens is 514 g/mol. The summed E-state index contributed by atoms with van der Waals surface area (Å²) in [4.78, 5) is 15.7. The Hall–Kier alpha value is -3.72. The minimum Gasteiger partial charge on any atom is -0.486 e. The van der Waals surface area contributed by atoms with Crippen molar-refractivity contribution in [1.29, 1.82) is 0 Å². The largest absolute Gasteiger partial charge is 0.486 e. The van der Waals surface area contributed by atoms with E-state index in [0.717, 1.165) is 28.9 Å². The van der Waals surface area contributed by atoms with Crippen LogP contribution in [0.5, 0.6) is 11.5 Å². The van der Waals surface area contributed by atoms with Crippen LogP contribution in [0.3, 0.4) is 0 Å². The van der Waals surface area contributed by atoms with E-state index in [2.05, 4.69) is 29.3 Å². The third kappa shape index (κ3) is 6.14. The van der Waals surface area contributed by atoms with Crippen molar-refractivity contribution in [3.8, 4) is 11.5 Å². The molecule has 0 spiro atoms. The van der Waals surface area contributed by atoms with Gasteiger partial charge in [-0.15, -0.1) is 0 Å². The van der Waals surface area contributed by atoms with Gasteiger partial charge in [-0.05, 0) is 67.6 Å². The Kier molecular flexibility index (Phi) is 7.97. The van der Waals surface area contributed by atoms with Gasteiger partial charge in [-0.2, -0.15) is 0 Å². The highest BCUT2D eigenvalue weighted by Crippen LogP contribution is 2.35. The van der Waals surface area contributed by atoms with Crippen LogP contribution in [0.4, 0.5) is 11.4 Å². The number of fused-ring (bicyclic) bond motifs is 1. The number of rotatable bonds is 8. The summed E-state index contributed by atoms with van der Waals surface area (Å²) in [5.41, 5.74) is 2.46. The summed E-state index contributed by atoms with van der Waals surface area (Å²) in [6, 6.07) is 20.9. The maximum Gasteiger partial charge on any atom is 0.264 e. The van der Waals surface area contributed by atoms with Gasteiger partial charge < -0.3 is 19.7 Å². The highest BCUT2D eigenvalue weighted by molar-refractivity contribution is 7.92. The lowest BCUT2D eigenvalue weighted by atomic mass is 9.98.